The van der Waals surface area contributed by atoms with Gasteiger partial charge in [-0.2, -0.15) is 26.3 Å². The van der Waals surface area contributed by atoms with Gasteiger partial charge in [-0.15, -0.1) is 0 Å². The van der Waals surface area contributed by atoms with Gasteiger partial charge in [0.15, 0.2) is 0 Å². The Kier molecular flexibility index (Phi) is 9.94. The number of aryl methyl sites for hydroxylation is 1. The molecule has 6 nitrogen and oxygen atoms in total. The third-order valence-electron chi connectivity index (χ3n) is 8.83. The van der Waals surface area contributed by atoms with E-state index in [-0.39, 0.29) is 23.6 Å². The van der Waals surface area contributed by atoms with Crippen molar-refractivity contribution in [3.05, 3.63) is 70.0 Å². The van der Waals surface area contributed by atoms with Crippen LogP contribution in [0.5, 0.6) is 0 Å². The highest BCUT2D eigenvalue weighted by atomic mass is 19.4. The average molecular weight is 646 g/mol. The lowest BCUT2D eigenvalue weighted by Gasteiger charge is -2.46. The molecule has 2 amide bonds. The van der Waals surface area contributed by atoms with Gasteiger partial charge in [0.2, 0.25) is 5.91 Å². The molecule has 0 bridgehead atoms. The molecule has 0 aliphatic carbocycles. The van der Waals surface area contributed by atoms with Gasteiger partial charge in [0.25, 0.3) is 5.91 Å². The summed E-state index contributed by atoms with van der Waals surface area (Å²) in [5.74, 6) is -2.30. The van der Waals surface area contributed by atoms with Crippen molar-refractivity contribution in [2.24, 2.45) is 5.92 Å². The Balaban J connectivity index is 1.56. The molecule has 2 heterocycles. The molecule has 0 saturated carbocycles. The molecule has 2 aliphatic rings. The van der Waals surface area contributed by atoms with Crippen LogP contribution in [-0.2, 0) is 28.5 Å². The number of nitrogens with zero attached hydrogens (tertiary/aromatic N) is 3. The first-order valence-corrected chi connectivity index (χ1v) is 14.8. The van der Waals surface area contributed by atoms with Crippen LogP contribution in [0, 0.1) is 18.7 Å². The van der Waals surface area contributed by atoms with Crippen molar-refractivity contribution in [3.63, 3.8) is 0 Å². The van der Waals surface area contributed by atoms with Crippen LogP contribution in [0.15, 0.2) is 36.4 Å². The van der Waals surface area contributed by atoms with E-state index in [0.717, 1.165) is 10.5 Å². The van der Waals surface area contributed by atoms with E-state index in [1.54, 1.807) is 17.9 Å². The Morgan fingerprint density at radius 3 is 2.00 bits per heavy atom. The highest BCUT2D eigenvalue weighted by Crippen LogP contribution is 2.39. The first-order chi connectivity index (χ1) is 20.8. The SMILES string of the molecule is Cc1cc(F)ccc1[C@@H]1CN(C2CCN(C(=O)C(C)(C)O)CC2)CC[C@H]1C(=O)N(C)Cc1cc(C(F)(F)F)cc(C(F)(F)F)c1. The summed E-state index contributed by atoms with van der Waals surface area (Å²) in [5.41, 5.74) is -3.31. The third kappa shape index (κ3) is 8.16. The fraction of sp³-hybridized carbons (Fsp3) is 0.562. The molecule has 0 radical (unpaired) electrons. The maximum absolute atomic E-state index is 14.0. The van der Waals surface area contributed by atoms with Crippen molar-refractivity contribution in [1.82, 2.24) is 14.7 Å². The fourth-order valence-electron chi connectivity index (χ4n) is 6.54. The first kappa shape index (κ1) is 34.7. The van der Waals surface area contributed by atoms with Gasteiger partial charge >= 0.3 is 12.4 Å². The molecule has 0 aromatic heterocycles. The van der Waals surface area contributed by atoms with Crippen molar-refractivity contribution in [2.45, 2.75) is 76.5 Å². The van der Waals surface area contributed by atoms with Gasteiger partial charge in [0.1, 0.15) is 11.4 Å². The van der Waals surface area contributed by atoms with Gasteiger partial charge in [-0.05, 0) is 93.6 Å². The molecule has 2 aromatic carbocycles. The van der Waals surface area contributed by atoms with E-state index in [2.05, 4.69) is 4.90 Å². The summed E-state index contributed by atoms with van der Waals surface area (Å²) in [7, 11) is 1.35. The summed E-state index contributed by atoms with van der Waals surface area (Å²) in [6.45, 7) is 5.98. The topological polar surface area (TPSA) is 64.1 Å². The van der Waals surface area contributed by atoms with E-state index >= 15 is 0 Å². The van der Waals surface area contributed by atoms with Crippen LogP contribution < -0.4 is 0 Å². The van der Waals surface area contributed by atoms with Crippen LogP contribution >= 0.6 is 0 Å². The molecule has 1 N–H and O–H groups in total. The van der Waals surface area contributed by atoms with Crippen LogP contribution in [0.25, 0.3) is 0 Å². The van der Waals surface area contributed by atoms with E-state index in [4.69, 9.17) is 0 Å². The Labute approximate surface area is 257 Å². The van der Waals surface area contributed by atoms with Crippen LogP contribution in [0.3, 0.4) is 0 Å². The minimum atomic E-state index is -5.01. The van der Waals surface area contributed by atoms with Gasteiger partial charge in [0, 0.05) is 51.1 Å². The van der Waals surface area contributed by atoms with E-state index in [1.807, 2.05) is 0 Å². The molecule has 2 aliphatic heterocycles. The molecule has 0 spiro atoms. The van der Waals surface area contributed by atoms with Crippen molar-refractivity contribution < 1.29 is 45.4 Å². The van der Waals surface area contributed by atoms with E-state index in [1.165, 1.54) is 33.0 Å². The molecule has 4 rings (SSSR count). The number of amides is 2. The minimum absolute atomic E-state index is 0.0550. The second-order valence-electron chi connectivity index (χ2n) is 12.7. The lowest BCUT2D eigenvalue weighted by atomic mass is 9.77. The Morgan fingerprint density at radius 1 is 0.911 bits per heavy atom. The predicted molar refractivity (Wildman–Crippen MR) is 152 cm³/mol. The number of halogens is 7. The summed E-state index contributed by atoms with van der Waals surface area (Å²) in [4.78, 5) is 31.4. The molecular weight excluding hydrogens is 607 g/mol. The number of benzene rings is 2. The maximum Gasteiger partial charge on any atom is 0.416 e. The highest BCUT2D eigenvalue weighted by molar-refractivity contribution is 5.84. The minimum Gasteiger partial charge on any atom is -0.381 e. The van der Waals surface area contributed by atoms with Crippen molar-refractivity contribution in [1.29, 1.82) is 0 Å². The smallest absolute Gasteiger partial charge is 0.381 e. The Morgan fingerprint density at radius 2 is 1.49 bits per heavy atom. The number of hydrogen-bond acceptors (Lipinski definition) is 4. The lowest BCUT2D eigenvalue weighted by molar-refractivity contribution is -0.150. The Bertz CT molecular complexity index is 1360. The van der Waals surface area contributed by atoms with Gasteiger partial charge < -0.3 is 14.9 Å². The number of piperidine rings is 2. The maximum atomic E-state index is 14.0. The summed E-state index contributed by atoms with van der Waals surface area (Å²) >= 11 is 0. The zero-order chi connectivity index (χ0) is 33.5. The highest BCUT2D eigenvalue weighted by Gasteiger charge is 2.41. The van der Waals surface area contributed by atoms with Gasteiger partial charge in [-0.1, -0.05) is 6.07 Å². The normalized spacial score (nSPS) is 20.8. The summed E-state index contributed by atoms with van der Waals surface area (Å²) in [6, 6.07) is 5.66. The standard InChI is InChI=1S/C32H38F7N3O3/c1-19-13-23(33)5-6-25(19)27-18-42(24-7-10-41(11-8-24)29(44)30(2,3)45)12-9-26(27)28(43)40(4)17-20-14-21(31(34,35)36)16-22(15-20)32(37,38)39/h5-6,13-16,24,26-27,45H,7-12,17-18H2,1-4H3/t26-,27+/m1/s1. The first-order valence-electron chi connectivity index (χ1n) is 14.8. The molecule has 45 heavy (non-hydrogen) atoms. The van der Waals surface area contributed by atoms with E-state index in [9.17, 15) is 45.4 Å². The second kappa shape index (κ2) is 12.9. The van der Waals surface area contributed by atoms with Crippen molar-refractivity contribution in [2.75, 3.05) is 33.2 Å². The molecule has 248 valence electrons. The number of hydrogen-bond donors (Lipinski definition) is 1. The quantitative estimate of drug-likeness (QED) is 0.392. The van der Waals surface area contributed by atoms with Crippen molar-refractivity contribution >= 4 is 11.8 Å². The lowest BCUT2D eigenvalue weighted by Crippen LogP contribution is -2.54. The number of carbonyl (C=O) groups is 2. The molecule has 2 fully saturated rings. The van der Waals surface area contributed by atoms with Crippen LogP contribution in [0.1, 0.15) is 66.8 Å². The van der Waals surface area contributed by atoms with E-state index < -0.39 is 59.2 Å². The van der Waals surface area contributed by atoms with Crippen LogP contribution in [0.2, 0.25) is 0 Å². The zero-order valence-electron chi connectivity index (χ0n) is 25.6. The number of aliphatic hydroxyl groups is 1. The zero-order valence-corrected chi connectivity index (χ0v) is 25.6. The number of likely N-dealkylation sites (tertiary alicyclic amines) is 2. The summed E-state index contributed by atoms with van der Waals surface area (Å²) in [6.07, 6.45) is -8.36. The number of rotatable bonds is 6. The van der Waals surface area contributed by atoms with Gasteiger partial charge in [0.05, 0.1) is 11.1 Å². The third-order valence-corrected chi connectivity index (χ3v) is 8.83. The van der Waals surface area contributed by atoms with Crippen LogP contribution in [-0.4, -0.2) is 76.5 Å². The molecule has 13 heteroatoms. The average Bonchev–Trinajstić information content (AvgIpc) is 2.94. The largest absolute Gasteiger partial charge is 0.416 e. The monoisotopic (exact) mass is 645 g/mol. The summed E-state index contributed by atoms with van der Waals surface area (Å²) in [5, 5.41) is 10.1. The van der Waals surface area contributed by atoms with Crippen LogP contribution in [0.4, 0.5) is 30.7 Å². The molecule has 0 unspecified atom stereocenters. The summed E-state index contributed by atoms with van der Waals surface area (Å²) < 4.78 is 94.6. The molecule has 2 aromatic rings. The van der Waals surface area contributed by atoms with Gasteiger partial charge in [-0.3, -0.25) is 14.5 Å². The molecule has 2 saturated heterocycles. The number of carbonyl (C=O) groups excluding carboxylic acids is 2. The Hall–Kier alpha value is -3.19. The van der Waals surface area contributed by atoms with Crippen molar-refractivity contribution in [3.8, 4) is 0 Å². The predicted octanol–water partition coefficient (Wildman–Crippen LogP) is 6.00. The fourth-order valence-corrected chi connectivity index (χ4v) is 6.54. The molecule has 2 atom stereocenters. The molecular formula is C32H38F7N3O3. The number of alkyl halides is 6. The van der Waals surface area contributed by atoms with Gasteiger partial charge in [-0.25, -0.2) is 4.39 Å². The second-order valence-corrected chi connectivity index (χ2v) is 12.7. The van der Waals surface area contributed by atoms with E-state index in [0.29, 0.717) is 63.1 Å².